The average molecular weight is 472 g/mol. The standard InChI is InChI=1S/C22H21F5N2O4/c1-9-15(11-5-7-14(24)16(25)17(11)32-21(26)27)18(33-22(9,2)3)20(31)29-10-4-6-13(23)12(8-10)19(28)30/h4-9,15,18,21H,1-3H3,(H2,28,30)(H,29,31)/t9-,15-,18-/m0/s1. The Bertz CT molecular complexity index is 1090. The quantitative estimate of drug-likeness (QED) is 0.612. The van der Waals surface area contributed by atoms with E-state index in [0.717, 1.165) is 24.3 Å². The number of amides is 2. The summed E-state index contributed by atoms with van der Waals surface area (Å²) in [6.07, 6.45) is -1.35. The molecule has 1 heterocycles. The number of carbonyl (C=O) groups is 2. The Morgan fingerprint density at radius 3 is 2.36 bits per heavy atom. The van der Waals surface area contributed by atoms with E-state index >= 15 is 0 Å². The van der Waals surface area contributed by atoms with Crippen LogP contribution in [-0.2, 0) is 9.53 Å². The normalized spacial score (nSPS) is 21.8. The molecule has 0 aliphatic carbocycles. The van der Waals surface area contributed by atoms with Gasteiger partial charge in [0.15, 0.2) is 11.6 Å². The highest BCUT2D eigenvalue weighted by Crippen LogP contribution is 2.49. The molecule has 6 nitrogen and oxygen atoms in total. The maximum Gasteiger partial charge on any atom is 0.387 e. The maximum atomic E-state index is 14.4. The molecule has 0 spiro atoms. The van der Waals surface area contributed by atoms with Gasteiger partial charge >= 0.3 is 6.61 Å². The van der Waals surface area contributed by atoms with Crippen molar-refractivity contribution in [3.63, 3.8) is 0 Å². The molecule has 2 aromatic carbocycles. The van der Waals surface area contributed by atoms with Gasteiger partial charge in [-0.25, -0.2) is 8.78 Å². The van der Waals surface area contributed by atoms with Gasteiger partial charge in [0.2, 0.25) is 5.82 Å². The first-order valence-electron chi connectivity index (χ1n) is 9.84. The number of anilines is 1. The second-order valence-electron chi connectivity index (χ2n) is 8.16. The fraction of sp³-hybridized carbons (Fsp3) is 0.364. The Balaban J connectivity index is 2.02. The smallest absolute Gasteiger partial charge is 0.387 e. The van der Waals surface area contributed by atoms with E-state index in [-0.39, 0.29) is 11.3 Å². The minimum Gasteiger partial charge on any atom is -0.431 e. The number of halogens is 5. The summed E-state index contributed by atoms with van der Waals surface area (Å²) in [5.74, 6) is -8.30. The molecule has 0 radical (unpaired) electrons. The summed E-state index contributed by atoms with van der Waals surface area (Å²) in [5.41, 5.74) is 3.52. The highest BCUT2D eigenvalue weighted by molar-refractivity contribution is 5.98. The van der Waals surface area contributed by atoms with E-state index in [1.165, 1.54) is 6.07 Å². The van der Waals surface area contributed by atoms with Crippen molar-refractivity contribution in [3.05, 3.63) is 58.9 Å². The summed E-state index contributed by atoms with van der Waals surface area (Å²) in [5, 5.41) is 2.46. The molecule has 1 fully saturated rings. The van der Waals surface area contributed by atoms with Crippen molar-refractivity contribution in [2.75, 3.05) is 5.32 Å². The van der Waals surface area contributed by atoms with Crippen LogP contribution in [0.15, 0.2) is 30.3 Å². The van der Waals surface area contributed by atoms with Gasteiger partial charge in [0, 0.05) is 17.2 Å². The van der Waals surface area contributed by atoms with E-state index in [2.05, 4.69) is 10.1 Å². The number of alkyl halides is 2. The molecule has 3 rings (SSSR count). The van der Waals surface area contributed by atoms with Crippen LogP contribution in [0.3, 0.4) is 0 Å². The van der Waals surface area contributed by atoms with Crippen LogP contribution in [0.1, 0.15) is 42.6 Å². The van der Waals surface area contributed by atoms with Crippen LogP contribution in [0, 0.1) is 23.4 Å². The molecule has 0 aromatic heterocycles. The number of hydrogen-bond donors (Lipinski definition) is 2. The van der Waals surface area contributed by atoms with Gasteiger partial charge in [0.25, 0.3) is 11.8 Å². The van der Waals surface area contributed by atoms with Gasteiger partial charge in [0.05, 0.1) is 11.2 Å². The predicted octanol–water partition coefficient (Wildman–Crippen LogP) is 4.34. The van der Waals surface area contributed by atoms with Crippen molar-refractivity contribution in [2.24, 2.45) is 11.7 Å². The molecule has 0 unspecified atom stereocenters. The number of rotatable bonds is 6. The molecule has 0 bridgehead atoms. The number of primary amides is 1. The van der Waals surface area contributed by atoms with E-state index in [0.29, 0.717) is 0 Å². The number of benzene rings is 2. The van der Waals surface area contributed by atoms with Crippen LogP contribution in [-0.4, -0.2) is 30.1 Å². The number of nitrogens with one attached hydrogen (secondary N) is 1. The van der Waals surface area contributed by atoms with Gasteiger partial charge in [-0.15, -0.1) is 0 Å². The first-order chi connectivity index (χ1) is 15.3. The molecule has 11 heteroatoms. The van der Waals surface area contributed by atoms with Crippen LogP contribution < -0.4 is 15.8 Å². The van der Waals surface area contributed by atoms with E-state index in [4.69, 9.17) is 10.5 Å². The summed E-state index contributed by atoms with van der Waals surface area (Å²) in [4.78, 5) is 24.5. The van der Waals surface area contributed by atoms with E-state index in [1.54, 1.807) is 20.8 Å². The molecule has 33 heavy (non-hydrogen) atoms. The molecule has 3 atom stereocenters. The van der Waals surface area contributed by atoms with Crippen LogP contribution >= 0.6 is 0 Å². The Morgan fingerprint density at radius 1 is 1.12 bits per heavy atom. The molecule has 0 saturated carbocycles. The fourth-order valence-electron chi connectivity index (χ4n) is 3.88. The lowest BCUT2D eigenvalue weighted by Crippen LogP contribution is -2.33. The third kappa shape index (κ3) is 4.77. The summed E-state index contributed by atoms with van der Waals surface area (Å²) in [6.45, 7) is 1.52. The van der Waals surface area contributed by atoms with Crippen LogP contribution in [0.5, 0.6) is 5.75 Å². The van der Waals surface area contributed by atoms with Gasteiger partial charge < -0.3 is 20.5 Å². The van der Waals surface area contributed by atoms with Gasteiger partial charge in [-0.2, -0.15) is 13.2 Å². The molecular formula is C22H21F5N2O4. The summed E-state index contributed by atoms with van der Waals surface area (Å²) in [7, 11) is 0. The zero-order chi connectivity index (χ0) is 24.7. The highest BCUT2D eigenvalue weighted by atomic mass is 19.3. The fourth-order valence-corrected chi connectivity index (χ4v) is 3.88. The molecule has 178 valence electrons. The summed E-state index contributed by atoms with van der Waals surface area (Å²) < 4.78 is 77.8. The van der Waals surface area contributed by atoms with E-state index in [1.807, 2.05) is 0 Å². The first-order valence-corrected chi connectivity index (χ1v) is 9.84. The van der Waals surface area contributed by atoms with Crippen molar-refractivity contribution in [2.45, 2.75) is 45.0 Å². The number of ether oxygens (including phenoxy) is 2. The molecular weight excluding hydrogens is 451 g/mol. The van der Waals surface area contributed by atoms with E-state index in [9.17, 15) is 31.5 Å². The SMILES string of the molecule is C[C@H]1[C@@H](c2ccc(F)c(F)c2OC(F)F)[C@@H](C(=O)Nc2ccc(F)c(C(N)=O)c2)OC1(C)C. The lowest BCUT2D eigenvalue weighted by Gasteiger charge is -2.26. The zero-order valence-electron chi connectivity index (χ0n) is 17.8. The molecule has 2 aromatic rings. The van der Waals surface area contributed by atoms with Crippen molar-refractivity contribution < 1.29 is 41.0 Å². The molecule has 3 N–H and O–H groups in total. The minimum atomic E-state index is -3.44. The van der Waals surface area contributed by atoms with Gasteiger partial charge in [-0.1, -0.05) is 13.0 Å². The average Bonchev–Trinajstić information content (AvgIpc) is 2.96. The highest BCUT2D eigenvalue weighted by Gasteiger charge is 2.51. The lowest BCUT2D eigenvalue weighted by atomic mass is 9.78. The van der Waals surface area contributed by atoms with Gasteiger partial charge in [-0.3, -0.25) is 9.59 Å². The minimum absolute atomic E-state index is 0.0178. The molecule has 1 saturated heterocycles. The summed E-state index contributed by atoms with van der Waals surface area (Å²) in [6, 6.07) is 4.94. The van der Waals surface area contributed by atoms with Crippen LogP contribution in [0.4, 0.5) is 27.6 Å². The van der Waals surface area contributed by atoms with Crippen LogP contribution in [0.2, 0.25) is 0 Å². The zero-order valence-corrected chi connectivity index (χ0v) is 17.8. The summed E-state index contributed by atoms with van der Waals surface area (Å²) >= 11 is 0. The Hall–Kier alpha value is -3.21. The maximum absolute atomic E-state index is 14.4. The lowest BCUT2D eigenvalue weighted by molar-refractivity contribution is -0.131. The Labute approximate surface area is 185 Å². The molecule has 1 aliphatic rings. The molecule has 1 aliphatic heterocycles. The van der Waals surface area contributed by atoms with Crippen LogP contribution in [0.25, 0.3) is 0 Å². The second kappa shape index (κ2) is 8.97. The van der Waals surface area contributed by atoms with E-state index < -0.39 is 70.7 Å². The topological polar surface area (TPSA) is 90.6 Å². The number of hydrogen-bond acceptors (Lipinski definition) is 4. The van der Waals surface area contributed by atoms with Gasteiger partial charge in [0.1, 0.15) is 11.9 Å². The molecule has 2 amide bonds. The third-order valence-electron chi connectivity index (χ3n) is 5.80. The van der Waals surface area contributed by atoms with Gasteiger partial charge in [-0.05, 0) is 44.0 Å². The number of carbonyl (C=O) groups excluding carboxylic acids is 2. The Morgan fingerprint density at radius 2 is 1.76 bits per heavy atom. The van der Waals surface area contributed by atoms with Crippen molar-refractivity contribution in [3.8, 4) is 5.75 Å². The largest absolute Gasteiger partial charge is 0.431 e. The second-order valence-corrected chi connectivity index (χ2v) is 8.16. The van der Waals surface area contributed by atoms with Crippen molar-refractivity contribution in [1.82, 2.24) is 0 Å². The van der Waals surface area contributed by atoms with Crippen molar-refractivity contribution in [1.29, 1.82) is 0 Å². The third-order valence-corrected chi connectivity index (χ3v) is 5.80. The predicted molar refractivity (Wildman–Crippen MR) is 107 cm³/mol. The Kier molecular flexibility index (Phi) is 6.64. The van der Waals surface area contributed by atoms with Crippen molar-refractivity contribution >= 4 is 17.5 Å². The monoisotopic (exact) mass is 472 g/mol. The first kappa shape index (κ1) is 24.4. The number of nitrogens with two attached hydrogens (primary N) is 1.